The molecule has 1 heteroatoms. The van der Waals surface area contributed by atoms with Gasteiger partial charge in [-0.1, -0.05) is 6.42 Å². The lowest BCUT2D eigenvalue weighted by atomic mass is 9.51. The first-order chi connectivity index (χ1) is 7.36. The van der Waals surface area contributed by atoms with Crippen LogP contribution in [0.5, 0.6) is 0 Å². The van der Waals surface area contributed by atoms with E-state index in [9.17, 15) is 0 Å². The highest BCUT2D eigenvalue weighted by Gasteiger charge is 2.47. The average molecular weight is 224 g/mol. The molecule has 0 saturated heterocycles. The van der Waals surface area contributed by atoms with E-state index in [-0.39, 0.29) is 0 Å². The van der Waals surface area contributed by atoms with Gasteiger partial charge in [0.05, 0.1) is 0 Å². The van der Waals surface area contributed by atoms with Gasteiger partial charge in [-0.15, -0.1) is 9.24 Å². The molecule has 0 amide bonds. The van der Waals surface area contributed by atoms with Crippen LogP contribution in [-0.2, 0) is 0 Å². The second kappa shape index (κ2) is 4.36. The van der Waals surface area contributed by atoms with Gasteiger partial charge < -0.3 is 0 Å². The van der Waals surface area contributed by atoms with Gasteiger partial charge in [0.2, 0.25) is 0 Å². The first-order valence-electron chi connectivity index (χ1n) is 7.07. The second-order valence-corrected chi connectivity index (χ2v) is 6.96. The molecule has 0 aromatic rings. The Kier molecular flexibility index (Phi) is 3.07. The van der Waals surface area contributed by atoms with Crippen molar-refractivity contribution in [2.75, 3.05) is 6.16 Å². The lowest BCUT2D eigenvalue weighted by Gasteiger charge is -2.54. The highest BCUT2D eigenvalue weighted by Crippen LogP contribution is 2.57. The number of unbranched alkanes of at least 4 members (excludes halogenated alkanes) is 1. The summed E-state index contributed by atoms with van der Waals surface area (Å²) in [5.41, 5.74) is 0. The fourth-order valence-electron chi connectivity index (χ4n) is 5.03. The highest BCUT2D eigenvalue weighted by atomic mass is 31.0. The van der Waals surface area contributed by atoms with Crippen molar-refractivity contribution in [3.05, 3.63) is 0 Å². The number of hydrogen-bond donors (Lipinski definition) is 0. The Balaban J connectivity index is 1.60. The Labute approximate surface area is 96.8 Å². The predicted octanol–water partition coefficient (Wildman–Crippen LogP) is 4.10. The lowest BCUT2D eigenvalue weighted by molar-refractivity contribution is -0.0402. The zero-order valence-electron chi connectivity index (χ0n) is 9.83. The van der Waals surface area contributed by atoms with Crippen LogP contribution in [0.25, 0.3) is 0 Å². The molecule has 1 atom stereocenters. The molecule has 4 saturated carbocycles. The van der Waals surface area contributed by atoms with Gasteiger partial charge >= 0.3 is 0 Å². The Morgan fingerprint density at radius 2 is 1.40 bits per heavy atom. The molecule has 0 spiro atoms. The van der Waals surface area contributed by atoms with E-state index in [0.29, 0.717) is 0 Å². The van der Waals surface area contributed by atoms with Crippen molar-refractivity contribution in [1.29, 1.82) is 0 Å². The molecule has 15 heavy (non-hydrogen) atoms. The molecule has 4 fully saturated rings. The topological polar surface area (TPSA) is 0 Å². The van der Waals surface area contributed by atoms with E-state index in [2.05, 4.69) is 9.24 Å². The molecule has 4 bridgehead atoms. The van der Waals surface area contributed by atoms with Gasteiger partial charge in [0, 0.05) is 0 Å². The van der Waals surface area contributed by atoms with Gasteiger partial charge in [-0.2, -0.15) is 0 Å². The van der Waals surface area contributed by atoms with E-state index in [1.54, 1.807) is 38.5 Å². The molecule has 0 nitrogen and oxygen atoms in total. The van der Waals surface area contributed by atoms with Gasteiger partial charge in [-0.25, -0.2) is 0 Å². The molecule has 4 aliphatic carbocycles. The monoisotopic (exact) mass is 224 g/mol. The minimum atomic E-state index is 1.15. The molecule has 0 aromatic heterocycles. The van der Waals surface area contributed by atoms with Crippen molar-refractivity contribution in [3.63, 3.8) is 0 Å². The Morgan fingerprint density at radius 3 is 1.93 bits per heavy atom. The molecular weight excluding hydrogens is 199 g/mol. The summed E-state index contributed by atoms with van der Waals surface area (Å²) in [5.74, 6) is 5.78. The van der Waals surface area contributed by atoms with E-state index in [0.717, 1.165) is 29.6 Å². The van der Waals surface area contributed by atoms with Crippen LogP contribution in [0.4, 0.5) is 0 Å². The molecule has 0 radical (unpaired) electrons. The average Bonchev–Trinajstić information content (AvgIpc) is 2.21. The molecule has 0 aliphatic heterocycles. The van der Waals surface area contributed by atoms with Crippen LogP contribution >= 0.6 is 9.24 Å². The standard InChI is InChI=1S/C14H25P/c15-4-2-1-3-14-12-6-10-5-11(8-12)9-13(14)7-10/h10-14H,1-9,15H2. The lowest BCUT2D eigenvalue weighted by Crippen LogP contribution is -2.44. The molecule has 0 N–H and O–H groups in total. The van der Waals surface area contributed by atoms with E-state index in [1.165, 1.54) is 19.0 Å². The van der Waals surface area contributed by atoms with Crippen molar-refractivity contribution < 1.29 is 0 Å². The van der Waals surface area contributed by atoms with Crippen molar-refractivity contribution in [2.45, 2.75) is 51.4 Å². The second-order valence-electron chi connectivity index (χ2n) is 6.38. The van der Waals surface area contributed by atoms with Gasteiger partial charge in [0.25, 0.3) is 0 Å². The normalized spacial score (nSPS) is 47.4. The number of hydrogen-bond acceptors (Lipinski definition) is 0. The summed E-state index contributed by atoms with van der Waals surface area (Å²) in [4.78, 5) is 0. The van der Waals surface area contributed by atoms with Crippen LogP contribution < -0.4 is 0 Å². The molecule has 0 heterocycles. The minimum absolute atomic E-state index is 1.15. The maximum atomic E-state index is 2.87. The van der Waals surface area contributed by atoms with Crippen LogP contribution in [0.2, 0.25) is 0 Å². The van der Waals surface area contributed by atoms with Crippen LogP contribution in [0, 0.1) is 29.6 Å². The van der Waals surface area contributed by atoms with Crippen LogP contribution in [0.3, 0.4) is 0 Å². The van der Waals surface area contributed by atoms with Crippen LogP contribution in [-0.4, -0.2) is 6.16 Å². The molecule has 1 unspecified atom stereocenters. The van der Waals surface area contributed by atoms with Crippen LogP contribution in [0.15, 0.2) is 0 Å². The van der Waals surface area contributed by atoms with E-state index in [4.69, 9.17) is 0 Å². The molecule has 4 rings (SSSR count). The van der Waals surface area contributed by atoms with E-state index in [1.807, 2.05) is 0 Å². The fourth-order valence-corrected chi connectivity index (χ4v) is 5.32. The first-order valence-corrected chi connectivity index (χ1v) is 7.88. The minimum Gasteiger partial charge on any atom is -0.138 e. The van der Waals surface area contributed by atoms with Crippen LogP contribution in [0.1, 0.15) is 51.4 Å². The van der Waals surface area contributed by atoms with Crippen molar-refractivity contribution in [2.24, 2.45) is 29.6 Å². The maximum Gasteiger partial charge on any atom is -0.0357 e. The molecule has 86 valence electrons. The van der Waals surface area contributed by atoms with Gasteiger partial charge in [0.1, 0.15) is 0 Å². The van der Waals surface area contributed by atoms with Gasteiger partial charge in [0.15, 0.2) is 0 Å². The Bertz CT molecular complexity index is 195. The maximum absolute atomic E-state index is 2.87. The van der Waals surface area contributed by atoms with Crippen molar-refractivity contribution >= 4 is 9.24 Å². The third-order valence-electron chi connectivity index (χ3n) is 5.41. The largest absolute Gasteiger partial charge is 0.138 e. The SMILES string of the molecule is PCCCCC1C2CC3CC(C2)CC1C3. The quantitative estimate of drug-likeness (QED) is 0.498. The van der Waals surface area contributed by atoms with Gasteiger partial charge in [-0.3, -0.25) is 0 Å². The first kappa shape index (κ1) is 10.6. The summed E-state index contributed by atoms with van der Waals surface area (Å²) in [5, 5.41) is 0. The summed E-state index contributed by atoms with van der Waals surface area (Å²) in [6.45, 7) is 0. The summed E-state index contributed by atoms with van der Waals surface area (Å²) in [6.07, 6.45) is 13.8. The summed E-state index contributed by atoms with van der Waals surface area (Å²) >= 11 is 0. The van der Waals surface area contributed by atoms with E-state index < -0.39 is 0 Å². The third-order valence-corrected chi connectivity index (χ3v) is 5.82. The fraction of sp³-hybridized carbons (Fsp3) is 1.00. The smallest absolute Gasteiger partial charge is 0.0357 e. The molecule has 4 aliphatic rings. The molecule has 0 aromatic carbocycles. The highest BCUT2D eigenvalue weighted by molar-refractivity contribution is 7.16. The van der Waals surface area contributed by atoms with Crippen molar-refractivity contribution in [3.8, 4) is 0 Å². The summed E-state index contributed by atoms with van der Waals surface area (Å²) in [6, 6.07) is 0. The summed E-state index contributed by atoms with van der Waals surface area (Å²) in [7, 11) is 2.87. The number of rotatable bonds is 4. The zero-order valence-corrected chi connectivity index (χ0v) is 11.0. The zero-order chi connectivity index (χ0) is 10.3. The summed E-state index contributed by atoms with van der Waals surface area (Å²) < 4.78 is 0. The predicted molar refractivity (Wildman–Crippen MR) is 69.0 cm³/mol. The van der Waals surface area contributed by atoms with Gasteiger partial charge in [-0.05, 0) is 80.7 Å². The Morgan fingerprint density at radius 1 is 0.800 bits per heavy atom. The molecular formula is C14H25P. The van der Waals surface area contributed by atoms with Crippen molar-refractivity contribution in [1.82, 2.24) is 0 Å². The third kappa shape index (κ3) is 1.99. The van der Waals surface area contributed by atoms with E-state index >= 15 is 0 Å². The Hall–Kier alpha value is 0.430.